The Hall–Kier alpha value is -3.28. The Bertz CT molecular complexity index is 1050. The van der Waals surface area contributed by atoms with Crippen molar-refractivity contribution in [1.82, 2.24) is 14.8 Å². The second kappa shape index (κ2) is 5.98. The first-order chi connectivity index (χ1) is 12.2. The number of hydrogen-bond acceptors (Lipinski definition) is 5. The number of hydrogen-bond donors (Lipinski definition) is 1. The van der Waals surface area contributed by atoms with E-state index >= 15 is 0 Å². The highest BCUT2D eigenvalue weighted by molar-refractivity contribution is 6.07. The van der Waals surface area contributed by atoms with Crippen molar-refractivity contribution in [2.75, 3.05) is 19.5 Å². The average molecular weight is 334 g/mol. The van der Waals surface area contributed by atoms with E-state index in [1.165, 1.54) is 0 Å². The number of rotatable bonds is 4. The normalized spacial score (nSPS) is 11.0. The van der Waals surface area contributed by atoms with Crippen LogP contribution in [0.15, 0.2) is 48.7 Å². The molecular weight excluding hydrogens is 316 g/mol. The van der Waals surface area contributed by atoms with Gasteiger partial charge in [0, 0.05) is 18.1 Å². The zero-order chi connectivity index (χ0) is 17.4. The van der Waals surface area contributed by atoms with Gasteiger partial charge in [-0.05, 0) is 42.5 Å². The number of aryl methyl sites for hydroxylation is 1. The highest BCUT2D eigenvalue weighted by atomic mass is 16.5. The van der Waals surface area contributed by atoms with Crippen LogP contribution in [-0.4, -0.2) is 29.0 Å². The van der Waals surface area contributed by atoms with Crippen molar-refractivity contribution < 1.29 is 9.47 Å². The van der Waals surface area contributed by atoms with Crippen LogP contribution in [0.5, 0.6) is 11.5 Å². The summed E-state index contributed by atoms with van der Waals surface area (Å²) in [6.07, 6.45) is 1.78. The summed E-state index contributed by atoms with van der Waals surface area (Å²) >= 11 is 0. The Morgan fingerprint density at radius 2 is 1.64 bits per heavy atom. The molecule has 0 aliphatic carbocycles. The molecule has 0 atom stereocenters. The fraction of sp³-hybridized carbons (Fsp3) is 0.158. The lowest BCUT2D eigenvalue weighted by Crippen LogP contribution is -1.99. The van der Waals surface area contributed by atoms with Gasteiger partial charge in [0.25, 0.3) is 0 Å². The van der Waals surface area contributed by atoms with Crippen LogP contribution in [0.2, 0.25) is 0 Å². The van der Waals surface area contributed by atoms with E-state index in [2.05, 4.69) is 10.4 Å². The molecule has 6 nitrogen and oxygen atoms in total. The molecule has 0 saturated heterocycles. The fourth-order valence-corrected chi connectivity index (χ4v) is 2.94. The molecule has 0 amide bonds. The third-order valence-corrected chi connectivity index (χ3v) is 4.23. The molecule has 0 aliphatic heterocycles. The molecule has 0 bridgehead atoms. The second-order valence-electron chi connectivity index (χ2n) is 5.73. The summed E-state index contributed by atoms with van der Waals surface area (Å²) in [6.45, 7) is 0. The Morgan fingerprint density at radius 1 is 0.920 bits per heavy atom. The number of aromatic nitrogens is 3. The van der Waals surface area contributed by atoms with Crippen molar-refractivity contribution >= 4 is 33.3 Å². The van der Waals surface area contributed by atoms with Gasteiger partial charge in [-0.2, -0.15) is 5.10 Å². The van der Waals surface area contributed by atoms with Crippen molar-refractivity contribution in [1.29, 1.82) is 0 Å². The number of ether oxygens (including phenoxy) is 2. The maximum atomic E-state index is 5.39. The molecule has 0 saturated carbocycles. The standard InChI is InChI=1S/C19H18N4O2/c1-23-19-17(11-20-23)22-16-9-8-14(25-3)10-15(16)18(19)21-12-4-6-13(24-2)7-5-12/h4-11H,1-3H3,(H,21,22). The molecule has 126 valence electrons. The Labute approximate surface area is 145 Å². The van der Waals surface area contributed by atoms with Crippen LogP contribution in [0, 0.1) is 0 Å². The maximum Gasteiger partial charge on any atom is 0.119 e. The second-order valence-corrected chi connectivity index (χ2v) is 5.73. The molecular formula is C19H18N4O2. The van der Waals surface area contributed by atoms with E-state index in [1.54, 1.807) is 20.4 Å². The van der Waals surface area contributed by atoms with Gasteiger partial charge in [-0.1, -0.05) is 0 Å². The molecule has 2 heterocycles. The van der Waals surface area contributed by atoms with Gasteiger partial charge in [-0.25, -0.2) is 4.98 Å². The highest BCUT2D eigenvalue weighted by Gasteiger charge is 2.14. The van der Waals surface area contributed by atoms with E-state index in [0.29, 0.717) is 0 Å². The Kier molecular flexibility index (Phi) is 3.65. The van der Waals surface area contributed by atoms with Crippen molar-refractivity contribution in [3.05, 3.63) is 48.7 Å². The van der Waals surface area contributed by atoms with Crippen LogP contribution in [0.1, 0.15) is 0 Å². The number of benzene rings is 2. The number of pyridine rings is 1. The van der Waals surface area contributed by atoms with Crippen LogP contribution in [0.25, 0.3) is 21.9 Å². The minimum Gasteiger partial charge on any atom is -0.497 e. The zero-order valence-corrected chi connectivity index (χ0v) is 14.3. The molecule has 25 heavy (non-hydrogen) atoms. The summed E-state index contributed by atoms with van der Waals surface area (Å²) in [5, 5.41) is 8.84. The molecule has 0 aliphatic rings. The monoisotopic (exact) mass is 334 g/mol. The van der Waals surface area contributed by atoms with E-state index in [-0.39, 0.29) is 0 Å². The fourth-order valence-electron chi connectivity index (χ4n) is 2.94. The van der Waals surface area contributed by atoms with Crippen LogP contribution in [0.4, 0.5) is 11.4 Å². The summed E-state index contributed by atoms with van der Waals surface area (Å²) in [5.74, 6) is 1.60. The predicted octanol–water partition coefficient (Wildman–Crippen LogP) is 3.88. The SMILES string of the molecule is COc1ccc(Nc2c3cc(OC)ccc3nc3cnn(C)c23)cc1. The smallest absolute Gasteiger partial charge is 0.119 e. The summed E-state index contributed by atoms with van der Waals surface area (Å²) in [6, 6.07) is 13.7. The molecule has 0 fully saturated rings. The lowest BCUT2D eigenvalue weighted by Gasteiger charge is -2.13. The lowest BCUT2D eigenvalue weighted by atomic mass is 10.1. The zero-order valence-electron chi connectivity index (χ0n) is 14.3. The van der Waals surface area contributed by atoms with E-state index in [0.717, 1.165) is 44.8 Å². The Balaban J connectivity index is 1.94. The largest absolute Gasteiger partial charge is 0.497 e. The van der Waals surface area contributed by atoms with Gasteiger partial charge in [-0.3, -0.25) is 4.68 Å². The molecule has 0 spiro atoms. The predicted molar refractivity (Wildman–Crippen MR) is 98.8 cm³/mol. The first kappa shape index (κ1) is 15.3. The molecule has 1 N–H and O–H groups in total. The lowest BCUT2D eigenvalue weighted by molar-refractivity contribution is 0.415. The van der Waals surface area contributed by atoms with Gasteiger partial charge in [0.2, 0.25) is 0 Å². The summed E-state index contributed by atoms with van der Waals surface area (Å²) < 4.78 is 12.4. The van der Waals surface area contributed by atoms with Crippen molar-refractivity contribution in [2.24, 2.45) is 7.05 Å². The topological polar surface area (TPSA) is 61.2 Å². The summed E-state index contributed by atoms with van der Waals surface area (Å²) in [4.78, 5) is 4.70. The third kappa shape index (κ3) is 2.61. The van der Waals surface area contributed by atoms with Gasteiger partial charge < -0.3 is 14.8 Å². The number of anilines is 2. The van der Waals surface area contributed by atoms with Gasteiger partial charge in [0.05, 0.1) is 31.6 Å². The first-order valence-corrected chi connectivity index (χ1v) is 7.90. The maximum absolute atomic E-state index is 5.39. The van der Waals surface area contributed by atoms with E-state index in [1.807, 2.05) is 54.2 Å². The van der Waals surface area contributed by atoms with Gasteiger partial charge in [0.15, 0.2) is 0 Å². The van der Waals surface area contributed by atoms with Crippen LogP contribution in [-0.2, 0) is 7.05 Å². The van der Waals surface area contributed by atoms with Gasteiger partial charge in [0.1, 0.15) is 22.5 Å². The van der Waals surface area contributed by atoms with Crippen LogP contribution >= 0.6 is 0 Å². The summed E-state index contributed by atoms with van der Waals surface area (Å²) in [7, 11) is 5.23. The van der Waals surface area contributed by atoms with E-state index in [4.69, 9.17) is 14.5 Å². The minimum absolute atomic E-state index is 0.786. The number of fused-ring (bicyclic) bond motifs is 2. The molecule has 6 heteroatoms. The number of nitrogens with zero attached hydrogens (tertiary/aromatic N) is 3. The Morgan fingerprint density at radius 3 is 2.36 bits per heavy atom. The van der Waals surface area contributed by atoms with Crippen molar-refractivity contribution in [3.8, 4) is 11.5 Å². The average Bonchev–Trinajstić information content (AvgIpc) is 3.02. The van der Waals surface area contributed by atoms with Gasteiger partial charge in [-0.15, -0.1) is 0 Å². The molecule has 2 aromatic heterocycles. The quantitative estimate of drug-likeness (QED) is 0.614. The highest BCUT2D eigenvalue weighted by Crippen LogP contribution is 2.35. The van der Waals surface area contributed by atoms with E-state index < -0.39 is 0 Å². The minimum atomic E-state index is 0.786. The molecule has 2 aromatic carbocycles. The summed E-state index contributed by atoms with van der Waals surface area (Å²) in [5.41, 5.74) is 4.58. The van der Waals surface area contributed by atoms with Gasteiger partial charge >= 0.3 is 0 Å². The van der Waals surface area contributed by atoms with Crippen molar-refractivity contribution in [2.45, 2.75) is 0 Å². The van der Waals surface area contributed by atoms with E-state index in [9.17, 15) is 0 Å². The van der Waals surface area contributed by atoms with Crippen molar-refractivity contribution in [3.63, 3.8) is 0 Å². The molecule has 0 radical (unpaired) electrons. The number of methoxy groups -OCH3 is 2. The van der Waals surface area contributed by atoms with Crippen LogP contribution < -0.4 is 14.8 Å². The third-order valence-electron chi connectivity index (χ3n) is 4.23. The molecule has 4 rings (SSSR count). The number of nitrogens with one attached hydrogen (secondary N) is 1. The molecule has 0 unspecified atom stereocenters. The van der Waals surface area contributed by atoms with Crippen LogP contribution in [0.3, 0.4) is 0 Å². The molecule has 4 aromatic rings. The first-order valence-electron chi connectivity index (χ1n) is 7.90.